The highest BCUT2D eigenvalue weighted by Crippen LogP contribution is 2.47. The van der Waals surface area contributed by atoms with Crippen LogP contribution in [-0.2, 0) is 9.53 Å². The van der Waals surface area contributed by atoms with Gasteiger partial charge in [0.15, 0.2) is 0 Å². The van der Waals surface area contributed by atoms with Crippen LogP contribution in [0.3, 0.4) is 0 Å². The predicted octanol–water partition coefficient (Wildman–Crippen LogP) is 1.27. The highest BCUT2D eigenvalue weighted by Gasteiger charge is 2.60. The number of hydrogen-bond acceptors (Lipinski definition) is 3. The smallest absolute Gasteiger partial charge is 0.232 e. The van der Waals surface area contributed by atoms with Crippen molar-refractivity contribution in [2.24, 2.45) is 5.92 Å². The number of carbonyl (C=O) groups is 1. The molecule has 17 heavy (non-hydrogen) atoms. The predicted molar refractivity (Wildman–Crippen MR) is 62.2 cm³/mol. The highest BCUT2D eigenvalue weighted by molar-refractivity contribution is 5.87. The van der Waals surface area contributed by atoms with E-state index in [1.807, 2.05) is 4.90 Å². The van der Waals surface area contributed by atoms with E-state index in [4.69, 9.17) is 4.74 Å². The minimum Gasteiger partial charge on any atom is -0.393 e. The number of carbonyl (C=O) groups excluding carboxylic acids is 1. The molecule has 3 fully saturated rings. The summed E-state index contributed by atoms with van der Waals surface area (Å²) in [5, 5.41) is 9.68. The molecule has 1 saturated carbocycles. The Hall–Kier alpha value is -0.610. The Morgan fingerprint density at radius 3 is 2.76 bits per heavy atom. The van der Waals surface area contributed by atoms with Crippen molar-refractivity contribution in [3.8, 4) is 0 Å². The molecule has 0 radical (unpaired) electrons. The Morgan fingerprint density at radius 2 is 2.12 bits per heavy atom. The van der Waals surface area contributed by atoms with Crippen LogP contribution in [0, 0.1) is 5.92 Å². The maximum Gasteiger partial charge on any atom is 0.232 e. The van der Waals surface area contributed by atoms with E-state index < -0.39 is 6.10 Å². The van der Waals surface area contributed by atoms with Crippen LogP contribution < -0.4 is 0 Å². The van der Waals surface area contributed by atoms with E-state index in [1.54, 1.807) is 6.92 Å². The van der Waals surface area contributed by atoms with Crippen molar-refractivity contribution >= 4 is 5.91 Å². The average molecular weight is 239 g/mol. The lowest BCUT2D eigenvalue weighted by molar-refractivity contribution is -0.261. The molecule has 4 heteroatoms. The normalized spacial score (nSPS) is 37.5. The zero-order valence-electron chi connectivity index (χ0n) is 10.4. The zero-order valence-corrected chi connectivity index (χ0v) is 10.4. The fraction of sp³-hybridized carbons (Fsp3) is 0.923. The molecule has 0 aromatic carbocycles. The quantitative estimate of drug-likeness (QED) is 0.701. The largest absolute Gasteiger partial charge is 0.393 e. The third-order valence-corrected chi connectivity index (χ3v) is 4.65. The number of hydrogen-bond donors (Lipinski definition) is 1. The van der Waals surface area contributed by atoms with Gasteiger partial charge in [0.1, 0.15) is 5.72 Å². The molecule has 1 spiro atoms. The highest BCUT2D eigenvalue weighted by atomic mass is 16.5. The Bertz CT molecular complexity index is 317. The lowest BCUT2D eigenvalue weighted by atomic mass is 9.75. The minimum atomic E-state index is -0.525. The molecule has 1 aliphatic carbocycles. The van der Waals surface area contributed by atoms with E-state index in [9.17, 15) is 9.90 Å². The van der Waals surface area contributed by atoms with Crippen LogP contribution in [-0.4, -0.2) is 40.4 Å². The average Bonchev–Trinajstić information content (AvgIpc) is 2.28. The van der Waals surface area contributed by atoms with E-state index in [0.717, 1.165) is 38.7 Å². The van der Waals surface area contributed by atoms with E-state index >= 15 is 0 Å². The van der Waals surface area contributed by atoms with Crippen molar-refractivity contribution in [2.45, 2.75) is 63.3 Å². The first-order valence-corrected chi connectivity index (χ1v) is 6.81. The van der Waals surface area contributed by atoms with Gasteiger partial charge in [0.25, 0.3) is 0 Å². The van der Waals surface area contributed by atoms with Gasteiger partial charge in [0.2, 0.25) is 5.91 Å². The van der Waals surface area contributed by atoms with Crippen LogP contribution in [0.1, 0.15) is 45.4 Å². The number of fused-ring (bicyclic) bond motifs is 2. The first kappa shape index (κ1) is 11.5. The van der Waals surface area contributed by atoms with Crippen LogP contribution in [0.25, 0.3) is 0 Å². The molecule has 1 amide bonds. The molecule has 2 saturated heterocycles. The summed E-state index contributed by atoms with van der Waals surface area (Å²) in [4.78, 5) is 14.1. The first-order valence-electron chi connectivity index (χ1n) is 6.81. The fourth-order valence-electron chi connectivity index (χ4n) is 3.84. The molecular formula is C13H21NO3. The Morgan fingerprint density at radius 1 is 1.41 bits per heavy atom. The van der Waals surface area contributed by atoms with Gasteiger partial charge in [-0.25, -0.2) is 0 Å². The topological polar surface area (TPSA) is 49.8 Å². The second-order valence-corrected chi connectivity index (χ2v) is 5.69. The fourth-order valence-corrected chi connectivity index (χ4v) is 3.84. The van der Waals surface area contributed by atoms with Gasteiger partial charge >= 0.3 is 0 Å². The number of β-lactam (4-membered cyclic amide) rings is 1. The second kappa shape index (κ2) is 3.95. The number of aliphatic hydroxyl groups is 1. The maximum absolute atomic E-state index is 12.2. The minimum absolute atomic E-state index is 0.103. The molecule has 3 rings (SSSR count). The molecular weight excluding hydrogens is 218 g/mol. The summed E-state index contributed by atoms with van der Waals surface area (Å²) in [6.07, 6.45) is 5.85. The van der Waals surface area contributed by atoms with Gasteiger partial charge in [-0.1, -0.05) is 6.42 Å². The Kier molecular flexibility index (Phi) is 2.67. The van der Waals surface area contributed by atoms with Crippen molar-refractivity contribution in [3.63, 3.8) is 0 Å². The lowest BCUT2D eigenvalue weighted by Crippen LogP contribution is -2.75. The molecule has 2 heterocycles. The molecule has 3 unspecified atom stereocenters. The number of aliphatic hydroxyl groups excluding tert-OH is 1. The van der Waals surface area contributed by atoms with E-state index in [2.05, 4.69) is 0 Å². The lowest BCUT2D eigenvalue weighted by Gasteiger charge is -2.61. The monoisotopic (exact) mass is 239 g/mol. The van der Waals surface area contributed by atoms with E-state index in [1.165, 1.54) is 6.42 Å². The van der Waals surface area contributed by atoms with Crippen LogP contribution in [0.5, 0.6) is 0 Å². The number of amides is 1. The second-order valence-electron chi connectivity index (χ2n) is 5.69. The third kappa shape index (κ3) is 1.54. The molecule has 0 bridgehead atoms. The summed E-state index contributed by atoms with van der Waals surface area (Å²) < 4.78 is 5.96. The standard InChI is InChI=1S/C13H21NO3/c1-9(15)11-10-5-8-17-13(14(10)12(11)16)6-3-2-4-7-13/h9-11,15H,2-8H2,1H3. The Labute approximate surface area is 102 Å². The number of ether oxygens (including phenoxy) is 1. The molecule has 2 aliphatic heterocycles. The molecule has 96 valence electrons. The van der Waals surface area contributed by atoms with E-state index in [0.29, 0.717) is 0 Å². The van der Waals surface area contributed by atoms with Crippen molar-refractivity contribution in [1.29, 1.82) is 0 Å². The summed E-state index contributed by atoms with van der Waals surface area (Å²) in [7, 11) is 0. The summed E-state index contributed by atoms with van der Waals surface area (Å²) in [5.41, 5.74) is -0.316. The SMILES string of the molecule is CC(O)C1C(=O)N2C1CCOC21CCCCC1. The third-order valence-electron chi connectivity index (χ3n) is 4.65. The molecule has 3 atom stereocenters. The summed E-state index contributed by atoms with van der Waals surface area (Å²) in [6, 6.07) is 0.217. The molecule has 1 N–H and O–H groups in total. The van der Waals surface area contributed by atoms with Crippen LogP contribution in [0.15, 0.2) is 0 Å². The van der Waals surface area contributed by atoms with Gasteiger partial charge in [0.05, 0.1) is 24.7 Å². The molecule has 4 nitrogen and oxygen atoms in total. The van der Waals surface area contributed by atoms with Crippen molar-refractivity contribution < 1.29 is 14.6 Å². The summed E-state index contributed by atoms with van der Waals surface area (Å²) in [6.45, 7) is 2.46. The van der Waals surface area contributed by atoms with Crippen molar-refractivity contribution in [1.82, 2.24) is 4.90 Å². The van der Waals surface area contributed by atoms with Crippen molar-refractivity contribution in [3.05, 3.63) is 0 Å². The summed E-state index contributed by atoms with van der Waals surface area (Å²) >= 11 is 0. The van der Waals surface area contributed by atoms with Gasteiger partial charge in [0, 0.05) is 0 Å². The van der Waals surface area contributed by atoms with E-state index in [-0.39, 0.29) is 23.6 Å². The van der Waals surface area contributed by atoms with Crippen LogP contribution in [0.4, 0.5) is 0 Å². The van der Waals surface area contributed by atoms with Crippen molar-refractivity contribution in [2.75, 3.05) is 6.61 Å². The van der Waals surface area contributed by atoms with Gasteiger partial charge in [-0.3, -0.25) is 4.79 Å². The number of nitrogens with zero attached hydrogens (tertiary/aromatic N) is 1. The maximum atomic E-state index is 12.2. The van der Waals surface area contributed by atoms with Crippen LogP contribution in [0.2, 0.25) is 0 Å². The molecule has 3 aliphatic rings. The number of rotatable bonds is 1. The molecule has 0 aromatic rings. The van der Waals surface area contributed by atoms with Gasteiger partial charge in [-0.05, 0) is 39.0 Å². The van der Waals surface area contributed by atoms with Crippen LogP contribution >= 0.6 is 0 Å². The van der Waals surface area contributed by atoms with Gasteiger partial charge in [-0.2, -0.15) is 0 Å². The summed E-state index contributed by atoms with van der Waals surface area (Å²) in [5.74, 6) is -0.0794. The molecule has 0 aromatic heterocycles. The zero-order chi connectivity index (χ0) is 12.0. The first-order chi connectivity index (χ1) is 8.16. The Balaban J connectivity index is 1.82. The van der Waals surface area contributed by atoms with Gasteiger partial charge in [-0.15, -0.1) is 0 Å². The van der Waals surface area contributed by atoms with Gasteiger partial charge < -0.3 is 14.7 Å².